The topological polar surface area (TPSA) is 39.2 Å². The third-order valence-corrected chi connectivity index (χ3v) is 3.06. The van der Waals surface area contributed by atoms with Gasteiger partial charge in [0.1, 0.15) is 5.60 Å². The van der Waals surface area contributed by atoms with Gasteiger partial charge in [-0.15, -0.1) is 0 Å². The van der Waals surface area contributed by atoms with Crippen LogP contribution in [0.4, 0.5) is 0 Å². The van der Waals surface area contributed by atoms with Gasteiger partial charge in [-0.3, -0.25) is 9.78 Å². The standard InChI is InChI=1S/C11H13Br2NO2/c1-11(2,3)16-10(15)4-7-8(12)5-14-6-9(7)13/h5-6H,4H2,1-3H3. The first-order valence-corrected chi connectivity index (χ1v) is 6.38. The van der Waals surface area contributed by atoms with E-state index in [1.54, 1.807) is 12.4 Å². The number of rotatable bonds is 2. The van der Waals surface area contributed by atoms with Crippen molar-refractivity contribution in [2.75, 3.05) is 0 Å². The van der Waals surface area contributed by atoms with E-state index in [1.807, 2.05) is 20.8 Å². The first kappa shape index (κ1) is 13.6. The van der Waals surface area contributed by atoms with E-state index in [9.17, 15) is 4.79 Å². The number of ether oxygens (including phenoxy) is 1. The van der Waals surface area contributed by atoms with Gasteiger partial charge >= 0.3 is 5.97 Å². The van der Waals surface area contributed by atoms with Crippen LogP contribution in [-0.2, 0) is 16.0 Å². The van der Waals surface area contributed by atoms with E-state index in [1.165, 1.54) is 0 Å². The molecule has 0 radical (unpaired) electrons. The van der Waals surface area contributed by atoms with E-state index in [4.69, 9.17) is 4.74 Å². The lowest BCUT2D eigenvalue weighted by Gasteiger charge is -2.19. The number of hydrogen-bond acceptors (Lipinski definition) is 3. The Labute approximate surface area is 112 Å². The largest absolute Gasteiger partial charge is 0.460 e. The SMILES string of the molecule is CC(C)(C)OC(=O)Cc1c(Br)cncc1Br. The average Bonchev–Trinajstić information content (AvgIpc) is 2.08. The number of halogens is 2. The van der Waals surface area contributed by atoms with E-state index in [-0.39, 0.29) is 12.4 Å². The Morgan fingerprint density at radius 3 is 2.25 bits per heavy atom. The molecule has 0 aromatic carbocycles. The Morgan fingerprint density at radius 1 is 1.31 bits per heavy atom. The van der Waals surface area contributed by atoms with Crippen molar-refractivity contribution < 1.29 is 9.53 Å². The molecule has 5 heteroatoms. The molecule has 0 aliphatic rings. The molecule has 0 unspecified atom stereocenters. The smallest absolute Gasteiger partial charge is 0.310 e. The highest BCUT2D eigenvalue weighted by molar-refractivity contribution is 9.11. The molecule has 0 aliphatic heterocycles. The second-order valence-electron chi connectivity index (χ2n) is 4.34. The molecule has 0 amide bonds. The Morgan fingerprint density at radius 2 is 1.81 bits per heavy atom. The third kappa shape index (κ3) is 4.22. The molecule has 88 valence electrons. The zero-order valence-corrected chi connectivity index (χ0v) is 12.6. The normalized spacial score (nSPS) is 11.3. The summed E-state index contributed by atoms with van der Waals surface area (Å²) >= 11 is 6.71. The summed E-state index contributed by atoms with van der Waals surface area (Å²) in [6.07, 6.45) is 3.54. The molecule has 1 rings (SSSR count). The van der Waals surface area contributed by atoms with Crippen molar-refractivity contribution in [1.29, 1.82) is 0 Å². The summed E-state index contributed by atoms with van der Waals surface area (Å²) in [6.45, 7) is 5.55. The fourth-order valence-electron chi connectivity index (χ4n) is 1.13. The molecule has 1 heterocycles. The predicted octanol–water partition coefficient (Wildman–Crippen LogP) is 3.49. The maximum absolute atomic E-state index is 11.6. The van der Waals surface area contributed by atoms with Gasteiger partial charge in [-0.1, -0.05) is 0 Å². The van der Waals surface area contributed by atoms with Crippen LogP contribution in [0.5, 0.6) is 0 Å². The number of carbonyl (C=O) groups is 1. The van der Waals surface area contributed by atoms with Crippen LogP contribution in [0.3, 0.4) is 0 Å². The lowest BCUT2D eigenvalue weighted by atomic mass is 10.1. The third-order valence-electron chi connectivity index (χ3n) is 1.69. The van der Waals surface area contributed by atoms with Crippen molar-refractivity contribution in [2.24, 2.45) is 0 Å². The van der Waals surface area contributed by atoms with Gasteiger partial charge in [-0.25, -0.2) is 0 Å². The number of pyridine rings is 1. The monoisotopic (exact) mass is 349 g/mol. The summed E-state index contributed by atoms with van der Waals surface area (Å²) < 4.78 is 6.85. The second-order valence-corrected chi connectivity index (χ2v) is 6.05. The number of esters is 1. The summed E-state index contributed by atoms with van der Waals surface area (Å²) in [4.78, 5) is 15.6. The van der Waals surface area contributed by atoms with Crippen LogP contribution < -0.4 is 0 Å². The fraction of sp³-hybridized carbons (Fsp3) is 0.455. The quantitative estimate of drug-likeness (QED) is 0.766. The van der Waals surface area contributed by atoms with Gasteiger partial charge in [0, 0.05) is 21.3 Å². The summed E-state index contributed by atoms with van der Waals surface area (Å²) in [7, 11) is 0. The molecule has 0 atom stereocenters. The van der Waals surface area contributed by atoms with Crippen molar-refractivity contribution in [3.63, 3.8) is 0 Å². The molecular weight excluding hydrogens is 338 g/mol. The Bertz CT molecular complexity index is 379. The molecule has 1 aromatic heterocycles. The predicted molar refractivity (Wildman–Crippen MR) is 69.2 cm³/mol. The number of aromatic nitrogens is 1. The van der Waals surface area contributed by atoms with E-state index in [0.717, 1.165) is 14.5 Å². The van der Waals surface area contributed by atoms with Crippen LogP contribution in [0.25, 0.3) is 0 Å². The van der Waals surface area contributed by atoms with Crippen molar-refractivity contribution in [2.45, 2.75) is 32.8 Å². The minimum Gasteiger partial charge on any atom is -0.460 e. The van der Waals surface area contributed by atoms with Gasteiger partial charge in [0.15, 0.2) is 0 Å². The average molecular weight is 351 g/mol. The Kier molecular flexibility index (Phi) is 4.50. The molecular formula is C11H13Br2NO2. The second kappa shape index (κ2) is 5.27. The molecule has 0 bridgehead atoms. The van der Waals surface area contributed by atoms with Gasteiger partial charge in [0.2, 0.25) is 0 Å². The van der Waals surface area contributed by atoms with Gasteiger partial charge in [0.25, 0.3) is 0 Å². The number of hydrogen-bond donors (Lipinski definition) is 0. The first-order valence-electron chi connectivity index (χ1n) is 4.79. The lowest BCUT2D eigenvalue weighted by molar-refractivity contribution is -0.153. The fourth-order valence-corrected chi connectivity index (χ4v) is 2.34. The molecule has 0 spiro atoms. The minimum absolute atomic E-state index is 0.223. The van der Waals surface area contributed by atoms with Gasteiger partial charge < -0.3 is 4.74 Å². The van der Waals surface area contributed by atoms with Crippen LogP contribution in [0.15, 0.2) is 21.3 Å². The van der Waals surface area contributed by atoms with Crippen molar-refractivity contribution in [1.82, 2.24) is 4.98 Å². The molecule has 0 fully saturated rings. The van der Waals surface area contributed by atoms with Crippen molar-refractivity contribution in [3.05, 3.63) is 26.9 Å². The zero-order chi connectivity index (χ0) is 12.3. The van der Waals surface area contributed by atoms with Crippen molar-refractivity contribution >= 4 is 37.8 Å². The molecule has 3 nitrogen and oxygen atoms in total. The number of nitrogens with zero attached hydrogens (tertiary/aromatic N) is 1. The highest BCUT2D eigenvalue weighted by atomic mass is 79.9. The highest BCUT2D eigenvalue weighted by Crippen LogP contribution is 2.25. The summed E-state index contributed by atoms with van der Waals surface area (Å²) in [6, 6.07) is 0. The van der Waals surface area contributed by atoms with Gasteiger partial charge in [0.05, 0.1) is 6.42 Å². The lowest BCUT2D eigenvalue weighted by Crippen LogP contribution is -2.25. The van der Waals surface area contributed by atoms with Gasteiger partial charge in [-0.2, -0.15) is 0 Å². The zero-order valence-electron chi connectivity index (χ0n) is 9.38. The van der Waals surface area contributed by atoms with E-state index in [0.29, 0.717) is 0 Å². The molecule has 0 saturated carbocycles. The highest BCUT2D eigenvalue weighted by Gasteiger charge is 2.18. The molecule has 1 aromatic rings. The maximum Gasteiger partial charge on any atom is 0.310 e. The maximum atomic E-state index is 11.6. The minimum atomic E-state index is -0.455. The first-order chi connectivity index (χ1) is 7.29. The van der Waals surface area contributed by atoms with Gasteiger partial charge in [-0.05, 0) is 58.2 Å². The van der Waals surface area contributed by atoms with E-state index >= 15 is 0 Å². The van der Waals surface area contributed by atoms with E-state index in [2.05, 4.69) is 36.8 Å². The van der Waals surface area contributed by atoms with Crippen LogP contribution >= 0.6 is 31.9 Å². The van der Waals surface area contributed by atoms with Crippen LogP contribution in [0.2, 0.25) is 0 Å². The summed E-state index contributed by atoms with van der Waals surface area (Å²) in [5, 5.41) is 0. The summed E-state index contributed by atoms with van der Waals surface area (Å²) in [5.41, 5.74) is 0.396. The molecule has 0 saturated heterocycles. The summed E-state index contributed by atoms with van der Waals surface area (Å²) in [5.74, 6) is -0.250. The molecule has 0 aliphatic carbocycles. The molecule has 0 N–H and O–H groups in total. The van der Waals surface area contributed by atoms with Crippen LogP contribution in [0, 0.1) is 0 Å². The van der Waals surface area contributed by atoms with E-state index < -0.39 is 5.60 Å². The van der Waals surface area contributed by atoms with Crippen LogP contribution in [-0.4, -0.2) is 16.6 Å². The molecule has 16 heavy (non-hydrogen) atoms. The van der Waals surface area contributed by atoms with Crippen LogP contribution in [0.1, 0.15) is 26.3 Å². The Balaban J connectivity index is 2.78. The Hall–Kier alpha value is -0.420. The number of carbonyl (C=O) groups excluding carboxylic acids is 1. The van der Waals surface area contributed by atoms with Crippen molar-refractivity contribution in [3.8, 4) is 0 Å².